The Hall–Kier alpha value is -0.120. The highest BCUT2D eigenvalue weighted by Crippen LogP contribution is 2.54. The average molecular weight is 226 g/mol. The molecule has 1 saturated heterocycles. The molecule has 0 aromatic heterocycles. The molecule has 2 saturated carbocycles. The van der Waals surface area contributed by atoms with E-state index in [4.69, 9.17) is 9.47 Å². The number of aliphatic hydroxyl groups is 1. The summed E-state index contributed by atoms with van der Waals surface area (Å²) in [4.78, 5) is 0. The molecule has 1 N–H and O–H groups in total. The van der Waals surface area contributed by atoms with Crippen molar-refractivity contribution in [3.05, 3.63) is 0 Å². The Bertz CT molecular complexity index is 260. The molecule has 16 heavy (non-hydrogen) atoms. The van der Waals surface area contributed by atoms with Gasteiger partial charge in [-0.3, -0.25) is 0 Å². The second kappa shape index (κ2) is 3.97. The fourth-order valence-corrected chi connectivity index (χ4v) is 3.99. The van der Waals surface area contributed by atoms with E-state index in [1.807, 2.05) is 0 Å². The summed E-state index contributed by atoms with van der Waals surface area (Å²) in [5.41, 5.74) is 0.193. The molecule has 0 unspecified atom stereocenters. The van der Waals surface area contributed by atoms with Crippen molar-refractivity contribution in [2.24, 2.45) is 11.3 Å². The van der Waals surface area contributed by atoms with Gasteiger partial charge in [-0.05, 0) is 30.6 Å². The van der Waals surface area contributed by atoms with Gasteiger partial charge in [-0.2, -0.15) is 0 Å². The van der Waals surface area contributed by atoms with Crippen molar-refractivity contribution in [1.29, 1.82) is 0 Å². The maximum Gasteiger partial charge on any atom is 0.168 e. The summed E-state index contributed by atoms with van der Waals surface area (Å²) in [5, 5.41) is 9.73. The molecule has 1 heterocycles. The van der Waals surface area contributed by atoms with Crippen LogP contribution in [0.4, 0.5) is 0 Å². The summed E-state index contributed by atoms with van der Waals surface area (Å²) in [6.07, 6.45) is 8.10. The minimum atomic E-state index is -0.277. The Morgan fingerprint density at radius 2 is 1.88 bits per heavy atom. The molecule has 3 rings (SSSR count). The summed E-state index contributed by atoms with van der Waals surface area (Å²) in [6.45, 7) is 1.85. The first-order valence-corrected chi connectivity index (χ1v) is 6.67. The lowest BCUT2D eigenvalue weighted by Gasteiger charge is -2.51. The van der Waals surface area contributed by atoms with Gasteiger partial charge in [0, 0.05) is 19.4 Å². The van der Waals surface area contributed by atoms with Gasteiger partial charge >= 0.3 is 0 Å². The highest BCUT2D eigenvalue weighted by molar-refractivity contribution is 4.98. The highest BCUT2D eigenvalue weighted by Gasteiger charge is 2.52. The lowest BCUT2D eigenvalue weighted by atomic mass is 9.58. The number of aliphatic hydroxyl groups excluding tert-OH is 1. The molecule has 3 aliphatic rings. The Kier molecular flexibility index (Phi) is 2.73. The van der Waals surface area contributed by atoms with Crippen LogP contribution in [0.3, 0.4) is 0 Å². The van der Waals surface area contributed by atoms with Crippen molar-refractivity contribution in [2.45, 2.75) is 50.7 Å². The number of hydrogen-bond acceptors (Lipinski definition) is 3. The molecule has 0 radical (unpaired) electrons. The van der Waals surface area contributed by atoms with Gasteiger partial charge in [-0.1, -0.05) is 12.8 Å². The van der Waals surface area contributed by atoms with Gasteiger partial charge in [0.15, 0.2) is 5.79 Å². The maximum atomic E-state index is 9.73. The molecule has 0 aromatic rings. The number of ether oxygens (including phenoxy) is 2. The molecule has 2 atom stereocenters. The average Bonchev–Trinajstić information content (AvgIpc) is 2.78. The zero-order valence-electron chi connectivity index (χ0n) is 9.91. The van der Waals surface area contributed by atoms with Crippen LogP contribution in [0, 0.1) is 11.3 Å². The first-order valence-electron chi connectivity index (χ1n) is 6.67. The van der Waals surface area contributed by atoms with E-state index < -0.39 is 0 Å². The van der Waals surface area contributed by atoms with Crippen LogP contribution in [0.5, 0.6) is 0 Å². The van der Waals surface area contributed by atoms with Crippen LogP contribution in [0.1, 0.15) is 44.9 Å². The molecule has 0 amide bonds. The standard InChI is InChI=1S/C13H22O3/c14-10-12-4-2-1-3-11(12)9-13(6-5-12)15-7-8-16-13/h11,14H,1-10H2/t11-,12-/m1/s1. The summed E-state index contributed by atoms with van der Waals surface area (Å²) < 4.78 is 11.6. The first kappa shape index (κ1) is 11.0. The Balaban J connectivity index is 1.78. The van der Waals surface area contributed by atoms with Gasteiger partial charge in [0.05, 0.1) is 13.2 Å². The normalized spacial score (nSPS) is 42.2. The minimum absolute atomic E-state index is 0.193. The molecule has 2 aliphatic carbocycles. The molecule has 92 valence electrons. The zero-order chi connectivity index (χ0) is 11.1. The van der Waals surface area contributed by atoms with Crippen molar-refractivity contribution in [1.82, 2.24) is 0 Å². The number of hydrogen-bond donors (Lipinski definition) is 1. The maximum absolute atomic E-state index is 9.73. The smallest absolute Gasteiger partial charge is 0.168 e. The highest BCUT2D eigenvalue weighted by atomic mass is 16.7. The van der Waals surface area contributed by atoms with Crippen LogP contribution in [-0.4, -0.2) is 30.7 Å². The quantitative estimate of drug-likeness (QED) is 0.744. The molecule has 0 aromatic carbocycles. The number of rotatable bonds is 1. The largest absolute Gasteiger partial charge is 0.396 e. The Labute approximate surface area is 97.1 Å². The topological polar surface area (TPSA) is 38.7 Å². The van der Waals surface area contributed by atoms with E-state index in [0.29, 0.717) is 12.5 Å². The third-order valence-electron chi connectivity index (χ3n) is 5.03. The summed E-state index contributed by atoms with van der Waals surface area (Å²) in [5.74, 6) is 0.332. The summed E-state index contributed by atoms with van der Waals surface area (Å²) in [7, 11) is 0. The van der Waals surface area contributed by atoms with Gasteiger partial charge in [-0.25, -0.2) is 0 Å². The van der Waals surface area contributed by atoms with Gasteiger partial charge in [0.2, 0.25) is 0 Å². The van der Waals surface area contributed by atoms with Crippen LogP contribution in [-0.2, 0) is 9.47 Å². The van der Waals surface area contributed by atoms with Crippen molar-refractivity contribution in [3.8, 4) is 0 Å². The van der Waals surface area contributed by atoms with Gasteiger partial charge in [0.25, 0.3) is 0 Å². The lowest BCUT2D eigenvalue weighted by Crippen LogP contribution is -2.49. The van der Waals surface area contributed by atoms with E-state index in [0.717, 1.165) is 32.5 Å². The van der Waals surface area contributed by atoms with Crippen LogP contribution in [0.15, 0.2) is 0 Å². The van der Waals surface area contributed by atoms with Crippen molar-refractivity contribution in [2.75, 3.05) is 19.8 Å². The van der Waals surface area contributed by atoms with Gasteiger partial charge in [0.1, 0.15) is 0 Å². The molecule has 1 aliphatic heterocycles. The second-order valence-corrected chi connectivity index (χ2v) is 5.77. The van der Waals surface area contributed by atoms with Crippen molar-refractivity contribution >= 4 is 0 Å². The first-order chi connectivity index (χ1) is 7.79. The van der Waals surface area contributed by atoms with Gasteiger partial charge < -0.3 is 14.6 Å². The predicted molar refractivity (Wildman–Crippen MR) is 60.0 cm³/mol. The van der Waals surface area contributed by atoms with E-state index >= 15 is 0 Å². The summed E-state index contributed by atoms with van der Waals surface area (Å²) in [6, 6.07) is 0. The molecule has 3 heteroatoms. The molecule has 3 fully saturated rings. The molecular weight excluding hydrogens is 204 g/mol. The molecule has 0 bridgehead atoms. The number of fused-ring (bicyclic) bond motifs is 1. The summed E-state index contributed by atoms with van der Waals surface area (Å²) >= 11 is 0. The van der Waals surface area contributed by atoms with Crippen LogP contribution >= 0.6 is 0 Å². The van der Waals surface area contributed by atoms with Crippen LogP contribution < -0.4 is 0 Å². The fourth-order valence-electron chi connectivity index (χ4n) is 3.99. The van der Waals surface area contributed by atoms with E-state index in [-0.39, 0.29) is 11.2 Å². The SMILES string of the molecule is OC[C@]12CCCC[C@@H]1CC1(CC2)OCCO1. The Morgan fingerprint density at radius 3 is 2.62 bits per heavy atom. The predicted octanol–water partition coefficient (Wildman–Crippen LogP) is 2.08. The van der Waals surface area contributed by atoms with Crippen molar-refractivity contribution in [3.63, 3.8) is 0 Å². The Morgan fingerprint density at radius 1 is 1.06 bits per heavy atom. The van der Waals surface area contributed by atoms with E-state index in [2.05, 4.69) is 0 Å². The van der Waals surface area contributed by atoms with E-state index in [9.17, 15) is 5.11 Å². The van der Waals surface area contributed by atoms with Gasteiger partial charge in [-0.15, -0.1) is 0 Å². The third kappa shape index (κ3) is 1.60. The molecule has 3 nitrogen and oxygen atoms in total. The van der Waals surface area contributed by atoms with E-state index in [1.165, 1.54) is 25.7 Å². The monoisotopic (exact) mass is 226 g/mol. The minimum Gasteiger partial charge on any atom is -0.396 e. The molecule has 1 spiro atoms. The van der Waals surface area contributed by atoms with E-state index in [1.54, 1.807) is 0 Å². The van der Waals surface area contributed by atoms with Crippen LogP contribution in [0.2, 0.25) is 0 Å². The van der Waals surface area contributed by atoms with Crippen molar-refractivity contribution < 1.29 is 14.6 Å². The molecular formula is C13H22O3. The second-order valence-electron chi connectivity index (χ2n) is 5.77. The zero-order valence-corrected chi connectivity index (χ0v) is 9.91. The van der Waals surface area contributed by atoms with Crippen LogP contribution in [0.25, 0.3) is 0 Å². The lowest BCUT2D eigenvalue weighted by molar-refractivity contribution is -0.217. The third-order valence-corrected chi connectivity index (χ3v) is 5.03. The fraction of sp³-hybridized carbons (Fsp3) is 1.00.